The number of hydrogen-bond acceptors (Lipinski definition) is 3. The first-order valence-corrected chi connectivity index (χ1v) is 6.90. The van der Waals surface area contributed by atoms with Crippen molar-refractivity contribution in [3.05, 3.63) is 23.2 Å². The third-order valence-electron chi connectivity index (χ3n) is 3.13. The summed E-state index contributed by atoms with van der Waals surface area (Å²) in [6.07, 6.45) is 0. The first-order chi connectivity index (χ1) is 8.43. The van der Waals surface area contributed by atoms with Crippen LogP contribution in [0, 0.1) is 12.8 Å². The van der Waals surface area contributed by atoms with Crippen molar-refractivity contribution in [1.29, 1.82) is 0 Å². The fourth-order valence-electron chi connectivity index (χ4n) is 2.16. The Morgan fingerprint density at radius 2 is 1.94 bits per heavy atom. The van der Waals surface area contributed by atoms with E-state index in [0.29, 0.717) is 12.0 Å². The van der Waals surface area contributed by atoms with E-state index in [0.717, 1.165) is 31.2 Å². The Balaban J connectivity index is 2.71. The zero-order valence-corrected chi connectivity index (χ0v) is 12.7. The number of hydrogen-bond donors (Lipinski definition) is 1. The molecule has 0 aliphatic heterocycles. The van der Waals surface area contributed by atoms with Gasteiger partial charge in [0.05, 0.1) is 6.54 Å². The van der Waals surface area contributed by atoms with Crippen LogP contribution in [0.1, 0.15) is 44.8 Å². The van der Waals surface area contributed by atoms with E-state index in [1.54, 1.807) is 0 Å². The Morgan fingerprint density at radius 3 is 2.44 bits per heavy atom. The van der Waals surface area contributed by atoms with Gasteiger partial charge in [-0.15, -0.1) is 0 Å². The molecule has 0 radical (unpaired) electrons. The van der Waals surface area contributed by atoms with Crippen LogP contribution in [0.25, 0.3) is 0 Å². The molecular formula is C15H28N2O. The van der Waals surface area contributed by atoms with Crippen molar-refractivity contribution >= 4 is 0 Å². The van der Waals surface area contributed by atoms with Crippen LogP contribution >= 0.6 is 0 Å². The van der Waals surface area contributed by atoms with Crippen LogP contribution in [0.3, 0.4) is 0 Å². The molecule has 1 aromatic rings. The third-order valence-corrected chi connectivity index (χ3v) is 3.13. The number of nitrogens with zero attached hydrogens (tertiary/aromatic N) is 1. The quantitative estimate of drug-likeness (QED) is 0.808. The molecule has 0 spiro atoms. The van der Waals surface area contributed by atoms with Gasteiger partial charge in [0.25, 0.3) is 0 Å². The summed E-state index contributed by atoms with van der Waals surface area (Å²) in [6.45, 7) is 13.9. The highest BCUT2D eigenvalue weighted by molar-refractivity contribution is 5.20. The van der Waals surface area contributed by atoms with Gasteiger partial charge in [0, 0.05) is 24.7 Å². The van der Waals surface area contributed by atoms with E-state index < -0.39 is 0 Å². The van der Waals surface area contributed by atoms with Crippen LogP contribution in [-0.4, -0.2) is 24.5 Å². The van der Waals surface area contributed by atoms with Crippen molar-refractivity contribution in [2.45, 2.75) is 53.8 Å². The molecule has 0 bridgehead atoms. The van der Waals surface area contributed by atoms with Crippen molar-refractivity contribution in [2.75, 3.05) is 13.6 Å². The molecule has 0 saturated carbocycles. The third kappa shape index (κ3) is 4.46. The van der Waals surface area contributed by atoms with Gasteiger partial charge < -0.3 is 9.73 Å². The average molecular weight is 252 g/mol. The maximum absolute atomic E-state index is 5.85. The highest BCUT2D eigenvalue weighted by atomic mass is 16.3. The largest absolute Gasteiger partial charge is 0.465 e. The maximum Gasteiger partial charge on any atom is 0.118 e. The van der Waals surface area contributed by atoms with Crippen LogP contribution in [0.4, 0.5) is 0 Å². The maximum atomic E-state index is 5.85. The normalized spacial score (nSPS) is 12.1. The predicted molar refractivity (Wildman–Crippen MR) is 76.6 cm³/mol. The zero-order chi connectivity index (χ0) is 13.7. The number of rotatable bonds is 7. The highest BCUT2D eigenvalue weighted by Gasteiger charge is 2.15. The Kier molecular flexibility index (Phi) is 5.89. The molecule has 0 aliphatic rings. The van der Waals surface area contributed by atoms with Crippen LogP contribution in [0.2, 0.25) is 0 Å². The minimum Gasteiger partial charge on any atom is -0.465 e. The molecule has 0 fully saturated rings. The monoisotopic (exact) mass is 252 g/mol. The molecule has 0 unspecified atom stereocenters. The van der Waals surface area contributed by atoms with Gasteiger partial charge in [-0.3, -0.25) is 4.90 Å². The topological polar surface area (TPSA) is 28.4 Å². The number of furan rings is 1. The smallest absolute Gasteiger partial charge is 0.118 e. The molecule has 0 aliphatic carbocycles. The minimum atomic E-state index is 0.547. The van der Waals surface area contributed by atoms with Gasteiger partial charge in [-0.2, -0.15) is 0 Å². The SMILES string of the molecule is CNCc1cc(CN(CC(C)C)C(C)C)oc1C. The van der Waals surface area contributed by atoms with E-state index in [1.165, 1.54) is 5.56 Å². The lowest BCUT2D eigenvalue weighted by Crippen LogP contribution is -2.33. The first-order valence-electron chi connectivity index (χ1n) is 6.90. The second-order valence-corrected chi connectivity index (χ2v) is 5.74. The Hall–Kier alpha value is -0.800. The second-order valence-electron chi connectivity index (χ2n) is 5.74. The van der Waals surface area contributed by atoms with Gasteiger partial charge in [-0.05, 0) is 39.8 Å². The van der Waals surface area contributed by atoms with Crippen LogP contribution < -0.4 is 5.32 Å². The molecule has 0 atom stereocenters. The second kappa shape index (κ2) is 6.95. The summed E-state index contributed by atoms with van der Waals surface area (Å²) in [5.41, 5.74) is 1.26. The predicted octanol–water partition coefficient (Wildman–Crippen LogP) is 3.17. The van der Waals surface area contributed by atoms with E-state index in [1.807, 2.05) is 14.0 Å². The van der Waals surface area contributed by atoms with E-state index in [9.17, 15) is 0 Å². The van der Waals surface area contributed by atoms with E-state index in [4.69, 9.17) is 4.42 Å². The summed E-state index contributed by atoms with van der Waals surface area (Å²) in [4.78, 5) is 2.46. The van der Waals surface area contributed by atoms with E-state index >= 15 is 0 Å². The average Bonchev–Trinajstić information content (AvgIpc) is 2.58. The molecule has 0 aromatic carbocycles. The molecule has 0 saturated heterocycles. The fourth-order valence-corrected chi connectivity index (χ4v) is 2.16. The highest BCUT2D eigenvalue weighted by Crippen LogP contribution is 2.18. The van der Waals surface area contributed by atoms with E-state index in [2.05, 4.69) is 44.0 Å². The molecule has 1 N–H and O–H groups in total. The molecule has 3 heteroatoms. The van der Waals surface area contributed by atoms with Gasteiger partial charge in [0.2, 0.25) is 0 Å². The molecule has 1 heterocycles. The zero-order valence-electron chi connectivity index (χ0n) is 12.7. The van der Waals surface area contributed by atoms with Crippen molar-refractivity contribution in [1.82, 2.24) is 10.2 Å². The molecular weight excluding hydrogens is 224 g/mol. The Morgan fingerprint density at radius 1 is 1.28 bits per heavy atom. The van der Waals surface area contributed by atoms with Gasteiger partial charge in [0.1, 0.15) is 11.5 Å². The van der Waals surface area contributed by atoms with Crippen LogP contribution in [0.5, 0.6) is 0 Å². The van der Waals surface area contributed by atoms with Crippen molar-refractivity contribution in [3.63, 3.8) is 0 Å². The molecule has 18 heavy (non-hydrogen) atoms. The number of nitrogens with one attached hydrogen (secondary N) is 1. The molecule has 0 amide bonds. The summed E-state index contributed by atoms with van der Waals surface area (Å²) >= 11 is 0. The summed E-state index contributed by atoms with van der Waals surface area (Å²) in [5.74, 6) is 2.79. The molecule has 3 nitrogen and oxygen atoms in total. The lowest BCUT2D eigenvalue weighted by Gasteiger charge is -2.27. The molecule has 104 valence electrons. The van der Waals surface area contributed by atoms with Gasteiger partial charge >= 0.3 is 0 Å². The molecule has 1 aromatic heterocycles. The van der Waals surface area contributed by atoms with Gasteiger partial charge in [0.15, 0.2) is 0 Å². The Labute approximate surface area is 112 Å². The summed E-state index contributed by atoms with van der Waals surface area (Å²) in [6, 6.07) is 2.73. The lowest BCUT2D eigenvalue weighted by molar-refractivity contribution is 0.174. The van der Waals surface area contributed by atoms with Crippen LogP contribution in [0.15, 0.2) is 10.5 Å². The van der Waals surface area contributed by atoms with E-state index in [-0.39, 0.29) is 0 Å². The van der Waals surface area contributed by atoms with Crippen molar-refractivity contribution in [2.24, 2.45) is 5.92 Å². The Bertz CT molecular complexity index is 355. The lowest BCUT2D eigenvalue weighted by atomic mass is 10.1. The minimum absolute atomic E-state index is 0.547. The summed E-state index contributed by atoms with van der Waals surface area (Å²) in [5, 5.41) is 3.17. The van der Waals surface area contributed by atoms with Gasteiger partial charge in [-0.1, -0.05) is 13.8 Å². The van der Waals surface area contributed by atoms with Crippen molar-refractivity contribution < 1.29 is 4.42 Å². The van der Waals surface area contributed by atoms with Gasteiger partial charge in [-0.25, -0.2) is 0 Å². The number of aryl methyl sites for hydroxylation is 1. The fraction of sp³-hybridized carbons (Fsp3) is 0.733. The summed E-state index contributed by atoms with van der Waals surface area (Å²) < 4.78 is 5.85. The van der Waals surface area contributed by atoms with Crippen molar-refractivity contribution in [3.8, 4) is 0 Å². The molecule has 1 rings (SSSR count). The summed E-state index contributed by atoms with van der Waals surface area (Å²) in [7, 11) is 1.96. The van der Waals surface area contributed by atoms with Crippen LogP contribution in [-0.2, 0) is 13.1 Å². The standard InChI is InChI=1S/C15H28N2O/c1-11(2)9-17(12(3)4)10-15-7-14(8-16-6)13(5)18-15/h7,11-12,16H,8-10H2,1-6H3. The first kappa shape index (κ1) is 15.3.